The molecule has 1 heterocycles. The molecule has 10 heteroatoms. The number of furan rings is 1. The molecular formula is C20H17Cl2N3O4S. The lowest BCUT2D eigenvalue weighted by atomic mass is 10.2. The number of amides is 1. The Kier molecular flexibility index (Phi) is 7.28. The summed E-state index contributed by atoms with van der Waals surface area (Å²) in [5.41, 5.74) is 2.86. The van der Waals surface area contributed by atoms with Gasteiger partial charge in [-0.05, 0) is 36.4 Å². The summed E-state index contributed by atoms with van der Waals surface area (Å²) < 4.78 is 32.3. The van der Waals surface area contributed by atoms with E-state index in [-0.39, 0.29) is 11.4 Å². The molecule has 0 bridgehead atoms. The molecule has 30 heavy (non-hydrogen) atoms. The van der Waals surface area contributed by atoms with E-state index in [9.17, 15) is 13.2 Å². The summed E-state index contributed by atoms with van der Waals surface area (Å²) in [5.74, 6) is -0.221. The van der Waals surface area contributed by atoms with Gasteiger partial charge in [0.15, 0.2) is 0 Å². The molecule has 3 aromatic rings. The lowest BCUT2D eigenvalue weighted by Gasteiger charge is -2.20. The Morgan fingerprint density at radius 1 is 1.10 bits per heavy atom. The number of sulfonamides is 1. The monoisotopic (exact) mass is 465 g/mol. The van der Waals surface area contributed by atoms with Gasteiger partial charge in [0.1, 0.15) is 5.76 Å². The van der Waals surface area contributed by atoms with E-state index in [1.54, 1.807) is 48.5 Å². The van der Waals surface area contributed by atoms with Crippen molar-refractivity contribution < 1.29 is 17.6 Å². The number of nitrogens with zero attached hydrogens (tertiary/aromatic N) is 2. The van der Waals surface area contributed by atoms with Gasteiger partial charge >= 0.3 is 0 Å². The number of hydrogen-bond donors (Lipinski definition) is 1. The van der Waals surface area contributed by atoms with E-state index in [1.807, 2.05) is 0 Å². The number of nitrogens with one attached hydrogen (secondary N) is 1. The number of hydrazone groups is 1. The van der Waals surface area contributed by atoms with Crippen molar-refractivity contribution in [1.29, 1.82) is 0 Å². The standard InChI is InChI=1S/C20H17Cl2N3O4S/c21-16-9-8-15(19(22)11-16)12-23-24-20(26)14-25(13-17-5-4-10-29-17)30(27,28)18-6-2-1-3-7-18/h1-12H,13-14H2,(H,24,26)/b23-12-. The van der Waals surface area contributed by atoms with Crippen molar-refractivity contribution in [3.05, 3.63) is 88.3 Å². The van der Waals surface area contributed by atoms with Gasteiger partial charge in [0, 0.05) is 10.6 Å². The van der Waals surface area contributed by atoms with Crippen molar-refractivity contribution in [3.8, 4) is 0 Å². The minimum atomic E-state index is -3.94. The largest absolute Gasteiger partial charge is 0.468 e. The second kappa shape index (κ2) is 9.90. The number of carbonyl (C=O) groups excluding carboxylic acids is 1. The van der Waals surface area contributed by atoms with Crippen molar-refractivity contribution in [2.24, 2.45) is 5.10 Å². The van der Waals surface area contributed by atoms with E-state index in [0.717, 1.165) is 4.31 Å². The molecule has 7 nitrogen and oxygen atoms in total. The maximum Gasteiger partial charge on any atom is 0.255 e. The summed E-state index contributed by atoms with van der Waals surface area (Å²) in [6.45, 7) is -0.562. The first-order valence-corrected chi connectivity index (χ1v) is 10.9. The summed E-state index contributed by atoms with van der Waals surface area (Å²) in [6.07, 6.45) is 2.78. The van der Waals surface area contributed by atoms with Crippen molar-refractivity contribution in [1.82, 2.24) is 9.73 Å². The minimum absolute atomic E-state index is 0.0702. The lowest BCUT2D eigenvalue weighted by Crippen LogP contribution is -2.39. The van der Waals surface area contributed by atoms with Gasteiger partial charge in [-0.1, -0.05) is 47.5 Å². The molecule has 0 atom stereocenters. The molecule has 0 aliphatic rings. The van der Waals surface area contributed by atoms with Gasteiger partial charge < -0.3 is 4.42 Å². The van der Waals surface area contributed by atoms with E-state index in [4.69, 9.17) is 27.6 Å². The van der Waals surface area contributed by atoms with Crippen LogP contribution >= 0.6 is 23.2 Å². The van der Waals surface area contributed by atoms with Crippen LogP contribution < -0.4 is 5.43 Å². The molecule has 0 saturated heterocycles. The lowest BCUT2D eigenvalue weighted by molar-refractivity contribution is -0.121. The van der Waals surface area contributed by atoms with Crippen LogP contribution in [0.25, 0.3) is 0 Å². The average Bonchev–Trinajstić information content (AvgIpc) is 3.23. The van der Waals surface area contributed by atoms with Crippen LogP contribution in [0.5, 0.6) is 0 Å². The Morgan fingerprint density at radius 3 is 2.53 bits per heavy atom. The van der Waals surface area contributed by atoms with Crippen LogP contribution in [0.1, 0.15) is 11.3 Å². The molecule has 0 fully saturated rings. The predicted molar refractivity (Wildman–Crippen MR) is 115 cm³/mol. The average molecular weight is 466 g/mol. The molecule has 156 valence electrons. The molecular weight excluding hydrogens is 449 g/mol. The van der Waals surface area contributed by atoms with Gasteiger partial charge in [0.05, 0.1) is 35.5 Å². The summed E-state index contributed by atoms with van der Waals surface area (Å²) in [5, 5.41) is 4.68. The van der Waals surface area contributed by atoms with E-state index in [0.29, 0.717) is 21.4 Å². The number of benzene rings is 2. The second-order valence-electron chi connectivity index (χ2n) is 6.12. The van der Waals surface area contributed by atoms with Crippen molar-refractivity contribution in [2.45, 2.75) is 11.4 Å². The minimum Gasteiger partial charge on any atom is -0.468 e. The number of rotatable bonds is 8. The quantitative estimate of drug-likeness (QED) is 0.402. The Bertz CT molecular complexity index is 1130. The Morgan fingerprint density at radius 2 is 1.87 bits per heavy atom. The van der Waals surface area contributed by atoms with E-state index in [1.165, 1.54) is 24.6 Å². The fourth-order valence-corrected chi connectivity index (χ4v) is 4.36. The topological polar surface area (TPSA) is 92.0 Å². The van der Waals surface area contributed by atoms with Crippen LogP contribution in [0.2, 0.25) is 10.0 Å². The SMILES string of the molecule is O=C(CN(Cc1ccco1)S(=O)(=O)c1ccccc1)N/N=C\c1ccc(Cl)cc1Cl. The van der Waals surface area contributed by atoms with Gasteiger partial charge in [0.2, 0.25) is 10.0 Å². The van der Waals surface area contributed by atoms with Crippen LogP contribution in [-0.2, 0) is 21.4 Å². The van der Waals surface area contributed by atoms with E-state index < -0.39 is 22.5 Å². The first kappa shape index (κ1) is 22.0. The first-order chi connectivity index (χ1) is 14.4. The maximum absolute atomic E-state index is 13.0. The van der Waals surface area contributed by atoms with Crippen molar-refractivity contribution in [2.75, 3.05) is 6.54 Å². The van der Waals surface area contributed by atoms with Crippen LogP contribution in [0, 0.1) is 0 Å². The predicted octanol–water partition coefficient (Wildman–Crippen LogP) is 3.93. The molecule has 3 rings (SSSR count). The Labute approximate surface area is 184 Å². The van der Waals surface area contributed by atoms with Gasteiger partial charge in [-0.2, -0.15) is 9.41 Å². The molecule has 0 unspecified atom stereocenters. The molecule has 1 amide bonds. The van der Waals surface area contributed by atoms with E-state index >= 15 is 0 Å². The highest BCUT2D eigenvalue weighted by molar-refractivity contribution is 7.89. The summed E-state index contributed by atoms with van der Waals surface area (Å²) >= 11 is 11.9. The van der Waals surface area contributed by atoms with Crippen molar-refractivity contribution >= 4 is 45.3 Å². The molecule has 2 aromatic carbocycles. The van der Waals surface area contributed by atoms with Crippen LogP contribution in [0.15, 0.2) is 81.3 Å². The van der Waals surface area contributed by atoms with Gasteiger partial charge in [0.25, 0.3) is 5.91 Å². The highest BCUT2D eigenvalue weighted by atomic mass is 35.5. The molecule has 0 aliphatic heterocycles. The van der Waals surface area contributed by atoms with Crippen molar-refractivity contribution in [3.63, 3.8) is 0 Å². The smallest absolute Gasteiger partial charge is 0.255 e. The van der Waals surface area contributed by atoms with Gasteiger partial charge in [-0.25, -0.2) is 13.8 Å². The third-order valence-electron chi connectivity index (χ3n) is 3.97. The fraction of sp³-hybridized carbons (Fsp3) is 0.100. The summed E-state index contributed by atoms with van der Waals surface area (Å²) in [4.78, 5) is 12.4. The number of hydrogen-bond acceptors (Lipinski definition) is 5. The normalized spacial score (nSPS) is 11.8. The molecule has 0 radical (unpaired) electrons. The molecule has 0 spiro atoms. The second-order valence-corrected chi connectivity index (χ2v) is 8.91. The van der Waals surface area contributed by atoms with Crippen LogP contribution in [0.3, 0.4) is 0 Å². The van der Waals surface area contributed by atoms with Gasteiger partial charge in [-0.3, -0.25) is 4.79 Å². The van der Waals surface area contributed by atoms with Crippen LogP contribution in [-0.4, -0.2) is 31.4 Å². The first-order valence-electron chi connectivity index (χ1n) is 8.71. The third kappa shape index (κ3) is 5.70. The highest BCUT2D eigenvalue weighted by Crippen LogP contribution is 2.20. The highest BCUT2D eigenvalue weighted by Gasteiger charge is 2.27. The number of halogens is 2. The molecule has 0 aliphatic carbocycles. The van der Waals surface area contributed by atoms with E-state index in [2.05, 4.69) is 10.5 Å². The maximum atomic E-state index is 13.0. The fourth-order valence-electron chi connectivity index (χ4n) is 2.52. The number of carbonyl (C=O) groups is 1. The molecule has 0 saturated carbocycles. The molecule has 1 aromatic heterocycles. The summed E-state index contributed by atoms with van der Waals surface area (Å²) in [7, 11) is -3.94. The molecule has 1 N–H and O–H groups in total. The van der Waals surface area contributed by atoms with Gasteiger partial charge in [-0.15, -0.1) is 0 Å². The Hall–Kier alpha value is -2.65. The third-order valence-corrected chi connectivity index (χ3v) is 6.34. The van der Waals surface area contributed by atoms with Crippen LogP contribution in [0.4, 0.5) is 0 Å². The Balaban J connectivity index is 1.74. The zero-order valence-corrected chi connectivity index (χ0v) is 17.9. The summed E-state index contributed by atoms with van der Waals surface area (Å²) in [6, 6.07) is 15.9. The zero-order chi connectivity index (χ0) is 21.6. The zero-order valence-electron chi connectivity index (χ0n) is 15.5.